The Morgan fingerprint density at radius 2 is 1.75 bits per heavy atom. The lowest BCUT2D eigenvalue weighted by Gasteiger charge is -2.25. The SMILES string of the molecule is Cc1cc(C2=NC(O)(C(F)(F)F)CN2c2ccc(S(C)(=O)=O)cc2)ccc1F. The van der Waals surface area contributed by atoms with Crippen LogP contribution in [0.25, 0.3) is 0 Å². The first-order valence-corrected chi connectivity index (χ1v) is 9.94. The van der Waals surface area contributed by atoms with Crippen LogP contribution in [0.4, 0.5) is 23.2 Å². The van der Waals surface area contributed by atoms with Crippen LogP contribution in [-0.2, 0) is 9.84 Å². The van der Waals surface area contributed by atoms with Gasteiger partial charge in [0.2, 0.25) is 0 Å². The Labute approximate surface area is 158 Å². The van der Waals surface area contributed by atoms with Gasteiger partial charge in [-0.15, -0.1) is 0 Å². The quantitative estimate of drug-likeness (QED) is 0.781. The van der Waals surface area contributed by atoms with Crippen LogP contribution in [0.2, 0.25) is 0 Å². The lowest BCUT2D eigenvalue weighted by molar-refractivity contribution is -0.249. The first-order valence-electron chi connectivity index (χ1n) is 8.05. The highest BCUT2D eigenvalue weighted by atomic mass is 32.2. The van der Waals surface area contributed by atoms with E-state index in [1.807, 2.05) is 0 Å². The molecule has 0 fully saturated rings. The van der Waals surface area contributed by atoms with Gasteiger partial charge in [-0.3, -0.25) is 0 Å². The Morgan fingerprint density at radius 3 is 2.25 bits per heavy atom. The summed E-state index contributed by atoms with van der Waals surface area (Å²) in [6.07, 6.45) is -4.02. The molecule has 10 heteroatoms. The summed E-state index contributed by atoms with van der Waals surface area (Å²) in [5, 5.41) is 10.1. The van der Waals surface area contributed by atoms with E-state index in [1.165, 1.54) is 43.3 Å². The van der Waals surface area contributed by atoms with Gasteiger partial charge in [0.15, 0.2) is 9.84 Å². The molecule has 3 rings (SSSR count). The minimum atomic E-state index is -5.03. The molecule has 0 spiro atoms. The average molecular weight is 416 g/mol. The van der Waals surface area contributed by atoms with Crippen molar-refractivity contribution in [3.8, 4) is 0 Å². The number of nitrogens with zero attached hydrogens (tertiary/aromatic N) is 2. The normalized spacial score (nSPS) is 20.4. The lowest BCUT2D eigenvalue weighted by atomic mass is 10.1. The third kappa shape index (κ3) is 3.61. The van der Waals surface area contributed by atoms with E-state index in [9.17, 15) is 31.1 Å². The maximum Gasteiger partial charge on any atom is 0.440 e. The number of anilines is 1. The lowest BCUT2D eigenvalue weighted by Crippen LogP contribution is -2.47. The highest BCUT2D eigenvalue weighted by molar-refractivity contribution is 7.90. The van der Waals surface area contributed by atoms with E-state index in [-0.39, 0.29) is 27.5 Å². The van der Waals surface area contributed by atoms with E-state index in [0.29, 0.717) is 0 Å². The average Bonchev–Trinajstić information content (AvgIpc) is 2.96. The number of benzene rings is 2. The van der Waals surface area contributed by atoms with Crippen molar-refractivity contribution in [3.05, 3.63) is 59.4 Å². The summed E-state index contributed by atoms with van der Waals surface area (Å²) in [5.74, 6) is -0.729. The fraction of sp³-hybridized carbons (Fsp3) is 0.278. The van der Waals surface area contributed by atoms with Crippen LogP contribution in [0.15, 0.2) is 52.4 Å². The van der Waals surface area contributed by atoms with E-state index in [1.54, 1.807) is 0 Å². The van der Waals surface area contributed by atoms with Gasteiger partial charge in [-0.2, -0.15) is 13.2 Å². The molecular formula is C18H16F4N2O3S. The van der Waals surface area contributed by atoms with Gasteiger partial charge in [-0.25, -0.2) is 17.8 Å². The first kappa shape index (κ1) is 20.3. The summed E-state index contributed by atoms with van der Waals surface area (Å²) in [5.41, 5.74) is -2.75. The van der Waals surface area contributed by atoms with Crippen molar-refractivity contribution in [2.75, 3.05) is 17.7 Å². The maximum absolute atomic E-state index is 13.6. The smallest absolute Gasteiger partial charge is 0.361 e. The molecule has 0 radical (unpaired) electrons. The zero-order chi connectivity index (χ0) is 20.9. The molecule has 1 aliphatic heterocycles. The number of aliphatic hydroxyl groups is 1. The summed E-state index contributed by atoms with van der Waals surface area (Å²) < 4.78 is 76.8. The van der Waals surface area contributed by atoms with Crippen molar-refractivity contribution in [1.29, 1.82) is 0 Å². The topological polar surface area (TPSA) is 70.0 Å². The van der Waals surface area contributed by atoms with Crippen molar-refractivity contribution >= 4 is 21.4 Å². The molecule has 150 valence electrons. The van der Waals surface area contributed by atoms with Gasteiger partial charge in [-0.05, 0) is 55.0 Å². The van der Waals surface area contributed by atoms with E-state index in [4.69, 9.17) is 0 Å². The van der Waals surface area contributed by atoms with Gasteiger partial charge in [0.05, 0.1) is 11.4 Å². The van der Waals surface area contributed by atoms with Gasteiger partial charge < -0.3 is 10.0 Å². The number of alkyl halides is 3. The molecule has 0 amide bonds. The minimum absolute atomic E-state index is 0.00218. The molecule has 0 bridgehead atoms. The first-order chi connectivity index (χ1) is 12.8. The zero-order valence-electron chi connectivity index (χ0n) is 14.8. The largest absolute Gasteiger partial charge is 0.440 e. The number of aliphatic imine (C=N–C) groups is 1. The predicted octanol–water partition coefficient (Wildman–Crippen LogP) is 3.06. The maximum atomic E-state index is 13.6. The molecule has 1 N–H and O–H groups in total. The summed E-state index contributed by atoms with van der Waals surface area (Å²) in [4.78, 5) is 4.61. The van der Waals surface area contributed by atoms with Crippen LogP contribution in [-0.4, -0.2) is 44.1 Å². The molecule has 0 saturated heterocycles. The van der Waals surface area contributed by atoms with Crippen LogP contribution in [0.5, 0.6) is 0 Å². The Hall–Kier alpha value is -2.46. The summed E-state index contributed by atoms with van der Waals surface area (Å²) in [6, 6.07) is 8.85. The van der Waals surface area contributed by atoms with Crippen LogP contribution >= 0.6 is 0 Å². The van der Waals surface area contributed by atoms with Gasteiger partial charge in [-0.1, -0.05) is 0 Å². The van der Waals surface area contributed by atoms with Gasteiger partial charge in [0.1, 0.15) is 11.7 Å². The van der Waals surface area contributed by atoms with E-state index in [0.717, 1.165) is 17.2 Å². The number of hydrogen-bond acceptors (Lipinski definition) is 5. The number of halogens is 4. The summed E-state index contributed by atoms with van der Waals surface area (Å²) in [7, 11) is -3.49. The Bertz CT molecular complexity index is 1050. The Morgan fingerprint density at radius 1 is 1.14 bits per heavy atom. The monoisotopic (exact) mass is 416 g/mol. The fourth-order valence-corrected chi connectivity index (χ4v) is 3.44. The number of hydrogen-bond donors (Lipinski definition) is 1. The van der Waals surface area contributed by atoms with E-state index < -0.39 is 34.1 Å². The summed E-state index contributed by atoms with van der Waals surface area (Å²) in [6.45, 7) is 0.538. The highest BCUT2D eigenvalue weighted by Gasteiger charge is 2.58. The van der Waals surface area contributed by atoms with Crippen molar-refractivity contribution in [2.24, 2.45) is 4.99 Å². The molecule has 1 atom stereocenters. The standard InChI is InChI=1S/C18H16F4N2O3S/c1-11-9-12(3-8-15(11)19)16-23-17(25,18(20,21)22)10-24(16)13-4-6-14(7-5-13)28(2,26)27/h3-9,25H,10H2,1-2H3. The Kier molecular flexibility index (Phi) is 4.75. The highest BCUT2D eigenvalue weighted by Crippen LogP contribution is 2.39. The second-order valence-corrected chi connectivity index (χ2v) is 8.58. The van der Waals surface area contributed by atoms with Crippen LogP contribution in [0.1, 0.15) is 11.1 Å². The van der Waals surface area contributed by atoms with Crippen LogP contribution in [0.3, 0.4) is 0 Å². The fourth-order valence-electron chi connectivity index (χ4n) is 2.81. The van der Waals surface area contributed by atoms with Crippen LogP contribution in [0, 0.1) is 12.7 Å². The zero-order valence-corrected chi connectivity index (χ0v) is 15.6. The molecule has 0 saturated carbocycles. The molecule has 0 aliphatic carbocycles. The molecule has 0 aromatic heterocycles. The molecule has 1 aliphatic rings. The molecular weight excluding hydrogens is 400 g/mol. The predicted molar refractivity (Wildman–Crippen MR) is 95.6 cm³/mol. The number of amidine groups is 1. The van der Waals surface area contributed by atoms with Gasteiger partial charge in [0.25, 0.3) is 5.72 Å². The second kappa shape index (κ2) is 6.56. The van der Waals surface area contributed by atoms with Crippen LogP contribution < -0.4 is 4.90 Å². The van der Waals surface area contributed by atoms with Crippen molar-refractivity contribution in [3.63, 3.8) is 0 Å². The molecule has 5 nitrogen and oxygen atoms in total. The minimum Gasteiger partial charge on any atom is -0.361 e. The number of sulfone groups is 1. The second-order valence-electron chi connectivity index (χ2n) is 6.57. The molecule has 2 aromatic rings. The molecule has 2 aromatic carbocycles. The number of β-amino-alcohol motifs (C(OH)–C–C–N with tert-alkyl or cyclic N) is 1. The van der Waals surface area contributed by atoms with E-state index in [2.05, 4.69) is 4.99 Å². The van der Waals surface area contributed by atoms with Crippen molar-refractivity contribution in [1.82, 2.24) is 0 Å². The van der Waals surface area contributed by atoms with E-state index >= 15 is 0 Å². The van der Waals surface area contributed by atoms with Gasteiger partial charge >= 0.3 is 6.18 Å². The Balaban J connectivity index is 2.10. The third-order valence-corrected chi connectivity index (χ3v) is 5.50. The van der Waals surface area contributed by atoms with Crippen molar-refractivity contribution < 1.29 is 31.1 Å². The molecule has 1 heterocycles. The molecule has 28 heavy (non-hydrogen) atoms. The number of aryl methyl sites for hydroxylation is 1. The summed E-state index contributed by atoms with van der Waals surface area (Å²) >= 11 is 0. The third-order valence-electron chi connectivity index (χ3n) is 4.37. The number of rotatable bonds is 3. The van der Waals surface area contributed by atoms with Gasteiger partial charge in [0, 0.05) is 17.5 Å². The molecule has 1 unspecified atom stereocenters. The van der Waals surface area contributed by atoms with Crippen molar-refractivity contribution in [2.45, 2.75) is 23.7 Å².